The van der Waals surface area contributed by atoms with Gasteiger partial charge in [0.1, 0.15) is 5.92 Å². The highest BCUT2D eigenvalue weighted by molar-refractivity contribution is 7.99. The number of hydrogen-bond donors (Lipinski definition) is 1. The van der Waals surface area contributed by atoms with Gasteiger partial charge in [0.2, 0.25) is 0 Å². The largest absolute Gasteiger partial charge is 0.465 e. The van der Waals surface area contributed by atoms with E-state index in [-0.39, 0.29) is 16.6 Å². The Morgan fingerprint density at radius 2 is 2.33 bits per heavy atom. The average molecular weight is 329 g/mol. The Bertz CT molecular complexity index is 500. The molecule has 1 aliphatic carbocycles. The smallest absolute Gasteiger partial charge is 0.315 e. The van der Waals surface area contributed by atoms with Crippen LogP contribution in [0, 0.1) is 0 Å². The van der Waals surface area contributed by atoms with Gasteiger partial charge in [-0.3, -0.25) is 4.79 Å². The number of nitrogens with one attached hydrogen (secondary N) is 1. The predicted molar refractivity (Wildman–Crippen MR) is 90.5 cm³/mol. The minimum Gasteiger partial charge on any atom is -0.465 e. The van der Waals surface area contributed by atoms with Crippen LogP contribution in [-0.4, -0.2) is 35.1 Å². The van der Waals surface area contributed by atoms with Crippen molar-refractivity contribution in [3.63, 3.8) is 0 Å². The van der Waals surface area contributed by atoms with Crippen LogP contribution >= 0.6 is 23.1 Å². The van der Waals surface area contributed by atoms with Crippen molar-refractivity contribution in [3.8, 4) is 0 Å². The van der Waals surface area contributed by atoms with Gasteiger partial charge in [-0.2, -0.15) is 11.8 Å². The molecule has 1 atom stereocenters. The number of carbonyl (C=O) groups is 1. The van der Waals surface area contributed by atoms with Crippen LogP contribution in [-0.2, 0) is 16.0 Å². The fourth-order valence-electron chi connectivity index (χ4n) is 2.33. The summed E-state index contributed by atoms with van der Waals surface area (Å²) in [6.45, 7) is 7.56. The maximum absolute atomic E-state index is 12.1. The van der Waals surface area contributed by atoms with E-state index >= 15 is 0 Å². The molecule has 1 unspecified atom stereocenters. The molecule has 1 aliphatic rings. The van der Waals surface area contributed by atoms with E-state index in [0.29, 0.717) is 6.61 Å². The zero-order chi connectivity index (χ0) is 15.5. The van der Waals surface area contributed by atoms with Crippen LogP contribution in [0.3, 0.4) is 0 Å². The van der Waals surface area contributed by atoms with Crippen molar-refractivity contribution in [1.29, 1.82) is 0 Å². The summed E-state index contributed by atoms with van der Waals surface area (Å²) in [5.74, 6) is -0.297. The zero-order valence-corrected chi connectivity index (χ0v) is 14.8. The summed E-state index contributed by atoms with van der Waals surface area (Å²) in [7, 11) is 0. The number of thiazole rings is 1. The van der Waals surface area contributed by atoms with Gasteiger partial charge in [0.05, 0.1) is 12.3 Å². The summed E-state index contributed by atoms with van der Waals surface area (Å²) in [6, 6.07) is 0. The summed E-state index contributed by atoms with van der Waals surface area (Å²) in [5, 5.41) is 4.35. The first-order valence-electron chi connectivity index (χ1n) is 7.42. The third-order valence-electron chi connectivity index (χ3n) is 3.74. The Labute approximate surface area is 135 Å². The van der Waals surface area contributed by atoms with Gasteiger partial charge in [-0.15, -0.1) is 11.3 Å². The van der Waals surface area contributed by atoms with Gasteiger partial charge in [0, 0.05) is 16.2 Å². The molecule has 6 heteroatoms. The minimum atomic E-state index is -0.172. The second-order valence-corrected chi connectivity index (χ2v) is 8.44. The molecule has 0 aromatic carbocycles. The number of carbonyl (C=O) groups excluding carboxylic acids is 1. The van der Waals surface area contributed by atoms with Crippen LogP contribution in [0.15, 0.2) is 0 Å². The lowest BCUT2D eigenvalue weighted by Gasteiger charge is -2.21. The van der Waals surface area contributed by atoms with E-state index in [1.807, 2.05) is 18.7 Å². The highest BCUT2D eigenvalue weighted by Gasteiger charge is 2.31. The standard InChI is InChI=1S/C15H24N2O2S2/c1-5-19-13(18)10-7-6-8-11-12(10)17-14(21-11)16-9-15(2,3)20-4/h10H,5-9H2,1-4H3,(H,16,17). The molecule has 0 radical (unpaired) electrons. The molecule has 0 saturated heterocycles. The number of ether oxygens (including phenoxy) is 1. The molecular weight excluding hydrogens is 304 g/mol. The maximum atomic E-state index is 12.1. The number of esters is 1. The summed E-state index contributed by atoms with van der Waals surface area (Å²) < 4.78 is 5.35. The summed E-state index contributed by atoms with van der Waals surface area (Å²) in [5.41, 5.74) is 0.939. The van der Waals surface area contributed by atoms with Crippen molar-refractivity contribution in [2.24, 2.45) is 0 Å². The van der Waals surface area contributed by atoms with Crippen LogP contribution in [0.4, 0.5) is 5.13 Å². The van der Waals surface area contributed by atoms with E-state index in [9.17, 15) is 4.79 Å². The molecule has 4 nitrogen and oxygen atoms in total. The second-order valence-electron chi connectivity index (χ2n) is 5.84. The molecule has 21 heavy (non-hydrogen) atoms. The molecule has 1 heterocycles. The first-order valence-corrected chi connectivity index (χ1v) is 9.46. The molecule has 0 aliphatic heterocycles. The highest BCUT2D eigenvalue weighted by atomic mass is 32.2. The normalized spacial score (nSPS) is 18.2. The van der Waals surface area contributed by atoms with Crippen LogP contribution < -0.4 is 5.32 Å². The third kappa shape index (κ3) is 4.13. The number of hydrogen-bond acceptors (Lipinski definition) is 6. The lowest BCUT2D eigenvalue weighted by molar-refractivity contribution is -0.145. The van der Waals surface area contributed by atoms with Crippen molar-refractivity contribution in [1.82, 2.24) is 4.98 Å². The number of aryl methyl sites for hydroxylation is 1. The number of aromatic nitrogens is 1. The van der Waals surface area contributed by atoms with E-state index in [2.05, 4.69) is 30.4 Å². The molecule has 0 spiro atoms. The SMILES string of the molecule is CCOC(=O)C1CCCc2sc(NCC(C)(C)SC)nc21. The lowest BCUT2D eigenvalue weighted by atomic mass is 9.91. The lowest BCUT2D eigenvalue weighted by Crippen LogP contribution is -2.25. The van der Waals surface area contributed by atoms with Crippen LogP contribution in [0.5, 0.6) is 0 Å². The number of rotatable bonds is 6. The van der Waals surface area contributed by atoms with Gasteiger partial charge < -0.3 is 10.1 Å². The molecular formula is C15H24N2O2S2. The predicted octanol–water partition coefficient (Wildman–Crippen LogP) is 3.68. The maximum Gasteiger partial charge on any atom is 0.315 e. The van der Waals surface area contributed by atoms with E-state index in [0.717, 1.165) is 36.6 Å². The quantitative estimate of drug-likeness (QED) is 0.807. The Morgan fingerprint density at radius 3 is 3.00 bits per heavy atom. The van der Waals surface area contributed by atoms with E-state index < -0.39 is 0 Å². The van der Waals surface area contributed by atoms with Crippen molar-refractivity contribution < 1.29 is 9.53 Å². The van der Waals surface area contributed by atoms with E-state index in [1.165, 1.54) is 4.88 Å². The molecule has 0 fully saturated rings. The summed E-state index contributed by atoms with van der Waals surface area (Å²) in [4.78, 5) is 18.0. The first-order chi connectivity index (χ1) is 9.96. The monoisotopic (exact) mass is 328 g/mol. The molecule has 0 amide bonds. The topological polar surface area (TPSA) is 51.2 Å². The fourth-order valence-corrected chi connectivity index (χ4v) is 3.60. The number of anilines is 1. The van der Waals surface area contributed by atoms with Crippen molar-refractivity contribution in [3.05, 3.63) is 10.6 Å². The highest BCUT2D eigenvalue weighted by Crippen LogP contribution is 2.37. The van der Waals surface area contributed by atoms with Crippen molar-refractivity contribution in [2.45, 2.75) is 50.7 Å². The Kier molecular flexibility index (Phi) is 5.54. The second kappa shape index (κ2) is 7.01. The molecule has 118 valence electrons. The Morgan fingerprint density at radius 1 is 1.57 bits per heavy atom. The first kappa shape index (κ1) is 16.6. The van der Waals surface area contributed by atoms with Gasteiger partial charge in [-0.25, -0.2) is 4.98 Å². The fraction of sp³-hybridized carbons (Fsp3) is 0.733. The van der Waals surface area contributed by atoms with E-state index in [1.54, 1.807) is 11.3 Å². The van der Waals surface area contributed by atoms with Crippen molar-refractivity contribution in [2.75, 3.05) is 24.7 Å². The van der Waals surface area contributed by atoms with Crippen LogP contribution in [0.2, 0.25) is 0 Å². The molecule has 2 rings (SSSR count). The third-order valence-corrected chi connectivity index (χ3v) is 6.08. The average Bonchev–Trinajstić information content (AvgIpc) is 2.88. The Hall–Kier alpha value is -0.750. The number of fused-ring (bicyclic) bond motifs is 1. The molecule has 0 saturated carbocycles. The Balaban J connectivity index is 2.10. The van der Waals surface area contributed by atoms with Gasteiger partial charge in [-0.1, -0.05) is 0 Å². The van der Waals surface area contributed by atoms with Crippen LogP contribution in [0.1, 0.15) is 50.1 Å². The summed E-state index contributed by atoms with van der Waals surface area (Å²) in [6.07, 6.45) is 5.03. The molecule has 1 aromatic rings. The number of thioether (sulfide) groups is 1. The zero-order valence-electron chi connectivity index (χ0n) is 13.2. The van der Waals surface area contributed by atoms with E-state index in [4.69, 9.17) is 4.74 Å². The van der Waals surface area contributed by atoms with Gasteiger partial charge >= 0.3 is 5.97 Å². The van der Waals surface area contributed by atoms with Crippen LogP contribution in [0.25, 0.3) is 0 Å². The summed E-state index contributed by atoms with van der Waals surface area (Å²) >= 11 is 3.52. The van der Waals surface area contributed by atoms with Gasteiger partial charge in [0.25, 0.3) is 0 Å². The van der Waals surface area contributed by atoms with Gasteiger partial charge in [0.15, 0.2) is 5.13 Å². The number of nitrogens with zero attached hydrogens (tertiary/aromatic N) is 1. The molecule has 1 aromatic heterocycles. The molecule has 0 bridgehead atoms. The van der Waals surface area contributed by atoms with Crippen molar-refractivity contribution >= 4 is 34.2 Å². The minimum absolute atomic E-state index is 0.125. The molecule has 1 N–H and O–H groups in total. The van der Waals surface area contributed by atoms with Gasteiger partial charge in [-0.05, 0) is 46.3 Å².